The van der Waals surface area contributed by atoms with Crippen LogP contribution in [0.15, 0.2) is 18.0 Å². The predicted molar refractivity (Wildman–Crippen MR) is 65.7 cm³/mol. The Kier molecular flexibility index (Phi) is 2.25. The van der Waals surface area contributed by atoms with Gasteiger partial charge in [-0.05, 0) is 6.92 Å². The van der Waals surface area contributed by atoms with Crippen molar-refractivity contribution in [2.75, 3.05) is 5.73 Å². The van der Waals surface area contributed by atoms with Crippen LogP contribution in [0.25, 0.3) is 11.2 Å². The van der Waals surface area contributed by atoms with Gasteiger partial charge in [-0.2, -0.15) is 0 Å². The number of nitrogen functional groups attached to an aromatic ring is 1. The highest BCUT2D eigenvalue weighted by Crippen LogP contribution is 2.16. The van der Waals surface area contributed by atoms with Crippen molar-refractivity contribution in [3.8, 4) is 0 Å². The Balaban J connectivity index is 2.04. The summed E-state index contributed by atoms with van der Waals surface area (Å²) in [6, 6.07) is 0. The SMILES string of the molecule is Cc1nc(Cn2cnc3c(N)ncnc32)cs1. The first kappa shape index (κ1) is 10.2. The van der Waals surface area contributed by atoms with E-state index in [-0.39, 0.29) is 0 Å². The van der Waals surface area contributed by atoms with Gasteiger partial charge in [0.15, 0.2) is 11.5 Å². The summed E-state index contributed by atoms with van der Waals surface area (Å²) in [5.41, 5.74) is 8.11. The molecule has 6 nitrogen and oxygen atoms in total. The fourth-order valence-electron chi connectivity index (χ4n) is 1.67. The van der Waals surface area contributed by atoms with E-state index in [0.29, 0.717) is 17.9 Å². The number of nitrogens with two attached hydrogens (primary N) is 1. The molecule has 0 aromatic carbocycles. The molecule has 0 aliphatic rings. The Morgan fingerprint density at radius 1 is 1.35 bits per heavy atom. The average molecular weight is 246 g/mol. The van der Waals surface area contributed by atoms with Crippen LogP contribution in [0.1, 0.15) is 10.7 Å². The first-order valence-electron chi connectivity index (χ1n) is 5.06. The smallest absolute Gasteiger partial charge is 0.165 e. The van der Waals surface area contributed by atoms with Gasteiger partial charge in [0.25, 0.3) is 0 Å². The van der Waals surface area contributed by atoms with Gasteiger partial charge in [-0.3, -0.25) is 0 Å². The molecule has 2 N–H and O–H groups in total. The average Bonchev–Trinajstić information content (AvgIpc) is 2.88. The molecule has 86 valence electrons. The van der Waals surface area contributed by atoms with Gasteiger partial charge in [0, 0.05) is 5.38 Å². The van der Waals surface area contributed by atoms with Gasteiger partial charge in [0.1, 0.15) is 11.8 Å². The minimum absolute atomic E-state index is 0.406. The van der Waals surface area contributed by atoms with Crippen LogP contribution >= 0.6 is 11.3 Å². The monoisotopic (exact) mass is 246 g/mol. The summed E-state index contributed by atoms with van der Waals surface area (Å²) in [6.07, 6.45) is 3.16. The summed E-state index contributed by atoms with van der Waals surface area (Å²) >= 11 is 1.63. The summed E-state index contributed by atoms with van der Waals surface area (Å²) in [7, 11) is 0. The van der Waals surface area contributed by atoms with Crippen LogP contribution in [-0.2, 0) is 6.54 Å². The Labute approximate surface area is 101 Å². The fraction of sp³-hybridized carbons (Fsp3) is 0.200. The van der Waals surface area contributed by atoms with Gasteiger partial charge in [-0.1, -0.05) is 0 Å². The highest BCUT2D eigenvalue weighted by atomic mass is 32.1. The second kappa shape index (κ2) is 3.77. The first-order valence-corrected chi connectivity index (χ1v) is 5.94. The van der Waals surface area contributed by atoms with Crippen LogP contribution in [0.4, 0.5) is 5.82 Å². The fourth-order valence-corrected chi connectivity index (χ4v) is 2.27. The number of aromatic nitrogens is 5. The third-order valence-electron chi connectivity index (χ3n) is 2.43. The van der Waals surface area contributed by atoms with Gasteiger partial charge >= 0.3 is 0 Å². The number of anilines is 1. The summed E-state index contributed by atoms with van der Waals surface area (Å²) in [4.78, 5) is 16.7. The van der Waals surface area contributed by atoms with Crippen LogP contribution in [0.2, 0.25) is 0 Å². The van der Waals surface area contributed by atoms with E-state index in [1.165, 1.54) is 6.33 Å². The molecular formula is C10H10N6S. The van der Waals surface area contributed by atoms with Gasteiger partial charge in [0.05, 0.1) is 23.6 Å². The molecule has 3 rings (SSSR count). The van der Waals surface area contributed by atoms with Crippen molar-refractivity contribution in [2.45, 2.75) is 13.5 Å². The first-order chi connectivity index (χ1) is 8.24. The molecule has 7 heteroatoms. The standard InChI is InChI=1S/C10H10N6S/c1-6-15-7(3-17-6)2-16-5-14-8-9(11)12-4-13-10(8)16/h3-5H,2H2,1H3,(H2,11,12,13). The van der Waals surface area contributed by atoms with Crippen LogP contribution in [0.5, 0.6) is 0 Å². The highest BCUT2D eigenvalue weighted by molar-refractivity contribution is 7.09. The lowest BCUT2D eigenvalue weighted by Gasteiger charge is -2.00. The summed E-state index contributed by atoms with van der Waals surface area (Å²) in [6.45, 7) is 2.64. The molecule has 0 spiro atoms. The molecule has 0 radical (unpaired) electrons. The van der Waals surface area contributed by atoms with E-state index >= 15 is 0 Å². The van der Waals surface area contributed by atoms with Crippen molar-refractivity contribution in [1.82, 2.24) is 24.5 Å². The maximum absolute atomic E-state index is 5.73. The largest absolute Gasteiger partial charge is 0.382 e. The van der Waals surface area contributed by atoms with E-state index in [4.69, 9.17) is 5.73 Å². The number of thiazole rings is 1. The molecule has 0 bridgehead atoms. The van der Waals surface area contributed by atoms with E-state index in [9.17, 15) is 0 Å². The van der Waals surface area contributed by atoms with Crippen molar-refractivity contribution < 1.29 is 0 Å². The minimum atomic E-state index is 0.406. The maximum Gasteiger partial charge on any atom is 0.165 e. The van der Waals surface area contributed by atoms with Crippen molar-refractivity contribution in [2.24, 2.45) is 0 Å². The highest BCUT2D eigenvalue weighted by Gasteiger charge is 2.08. The molecular weight excluding hydrogens is 236 g/mol. The summed E-state index contributed by atoms with van der Waals surface area (Å²) < 4.78 is 1.92. The van der Waals surface area contributed by atoms with E-state index in [0.717, 1.165) is 16.3 Å². The zero-order chi connectivity index (χ0) is 11.8. The Hall–Kier alpha value is -2.02. The predicted octanol–water partition coefficient (Wildman–Crippen LogP) is 1.22. The van der Waals surface area contributed by atoms with E-state index in [1.807, 2.05) is 16.9 Å². The molecule has 0 saturated heterocycles. The molecule has 0 amide bonds. The minimum Gasteiger partial charge on any atom is -0.382 e. The molecule has 0 fully saturated rings. The normalized spacial score (nSPS) is 11.1. The lowest BCUT2D eigenvalue weighted by Crippen LogP contribution is -2.00. The lowest BCUT2D eigenvalue weighted by atomic mass is 10.4. The van der Waals surface area contributed by atoms with Gasteiger partial charge in [-0.25, -0.2) is 19.9 Å². The third-order valence-corrected chi connectivity index (χ3v) is 3.25. The zero-order valence-electron chi connectivity index (χ0n) is 9.16. The molecule has 3 heterocycles. The third kappa shape index (κ3) is 1.74. The van der Waals surface area contributed by atoms with Crippen molar-refractivity contribution in [1.29, 1.82) is 0 Å². The van der Waals surface area contributed by atoms with Crippen molar-refractivity contribution in [3.63, 3.8) is 0 Å². The second-order valence-corrected chi connectivity index (χ2v) is 4.72. The molecule has 17 heavy (non-hydrogen) atoms. The number of fused-ring (bicyclic) bond motifs is 1. The molecule has 3 aromatic heterocycles. The molecule has 0 saturated carbocycles. The number of rotatable bonds is 2. The summed E-state index contributed by atoms with van der Waals surface area (Å²) in [5, 5.41) is 3.09. The Morgan fingerprint density at radius 2 is 2.24 bits per heavy atom. The molecule has 3 aromatic rings. The topological polar surface area (TPSA) is 82.5 Å². The molecule has 0 unspecified atom stereocenters. The number of hydrogen-bond donors (Lipinski definition) is 1. The van der Waals surface area contributed by atoms with E-state index in [2.05, 4.69) is 19.9 Å². The summed E-state index contributed by atoms with van der Waals surface area (Å²) in [5.74, 6) is 0.406. The van der Waals surface area contributed by atoms with E-state index < -0.39 is 0 Å². The number of imidazole rings is 1. The Bertz CT molecular complexity index is 670. The Morgan fingerprint density at radius 3 is 3.00 bits per heavy atom. The number of aryl methyl sites for hydroxylation is 1. The molecule has 0 atom stereocenters. The van der Waals surface area contributed by atoms with Gasteiger partial charge in [0.2, 0.25) is 0 Å². The van der Waals surface area contributed by atoms with Crippen LogP contribution in [0.3, 0.4) is 0 Å². The second-order valence-electron chi connectivity index (χ2n) is 3.66. The van der Waals surface area contributed by atoms with Crippen molar-refractivity contribution >= 4 is 28.3 Å². The number of nitrogens with zero attached hydrogens (tertiary/aromatic N) is 5. The lowest BCUT2D eigenvalue weighted by molar-refractivity contribution is 0.791. The van der Waals surface area contributed by atoms with Crippen LogP contribution in [0, 0.1) is 6.92 Å². The quantitative estimate of drug-likeness (QED) is 0.735. The maximum atomic E-state index is 5.73. The number of hydrogen-bond acceptors (Lipinski definition) is 6. The van der Waals surface area contributed by atoms with Gasteiger partial charge < -0.3 is 10.3 Å². The molecule has 0 aliphatic carbocycles. The van der Waals surface area contributed by atoms with Crippen LogP contribution in [-0.4, -0.2) is 24.5 Å². The van der Waals surface area contributed by atoms with Gasteiger partial charge in [-0.15, -0.1) is 11.3 Å². The molecule has 0 aliphatic heterocycles. The van der Waals surface area contributed by atoms with Crippen molar-refractivity contribution in [3.05, 3.63) is 28.7 Å². The van der Waals surface area contributed by atoms with Crippen LogP contribution < -0.4 is 5.73 Å². The van der Waals surface area contributed by atoms with E-state index in [1.54, 1.807) is 17.7 Å². The zero-order valence-corrected chi connectivity index (χ0v) is 9.98.